The Kier molecular flexibility index (Phi) is 5.77. The first-order valence-electron chi connectivity index (χ1n) is 10.6. The molecule has 2 amide bonds. The minimum Gasteiger partial charge on any atom is -0.342 e. The van der Waals surface area contributed by atoms with E-state index in [1.54, 1.807) is 0 Å². The summed E-state index contributed by atoms with van der Waals surface area (Å²) in [5, 5.41) is 3.62. The SMILES string of the molecule is O=C1CCC(NCc2ccc(C(=O)N3CCCC3)cc2)CCN1CC1CC1. The van der Waals surface area contributed by atoms with Gasteiger partial charge in [-0.2, -0.15) is 0 Å². The van der Waals surface area contributed by atoms with Crippen LogP contribution in [0.2, 0.25) is 0 Å². The summed E-state index contributed by atoms with van der Waals surface area (Å²) in [7, 11) is 0. The lowest BCUT2D eigenvalue weighted by molar-refractivity contribution is -0.130. The summed E-state index contributed by atoms with van der Waals surface area (Å²) in [5.74, 6) is 1.25. The average Bonchev–Trinajstić information content (AvgIpc) is 3.38. The van der Waals surface area contributed by atoms with Gasteiger partial charge in [0, 0.05) is 50.7 Å². The minimum absolute atomic E-state index is 0.157. The molecule has 5 nitrogen and oxygen atoms in total. The van der Waals surface area contributed by atoms with Gasteiger partial charge in [0.15, 0.2) is 0 Å². The molecule has 1 saturated carbocycles. The molecule has 1 atom stereocenters. The molecule has 27 heavy (non-hydrogen) atoms. The smallest absolute Gasteiger partial charge is 0.253 e. The Morgan fingerprint density at radius 2 is 1.74 bits per heavy atom. The Balaban J connectivity index is 1.25. The average molecular weight is 370 g/mol. The number of likely N-dealkylation sites (tertiary alicyclic amines) is 2. The van der Waals surface area contributed by atoms with Gasteiger partial charge in [0.05, 0.1) is 0 Å². The predicted octanol–water partition coefficient (Wildman–Crippen LogP) is 2.80. The molecule has 2 heterocycles. The number of benzene rings is 1. The van der Waals surface area contributed by atoms with Crippen molar-refractivity contribution in [3.63, 3.8) is 0 Å². The lowest BCUT2D eigenvalue weighted by Gasteiger charge is -2.21. The maximum absolute atomic E-state index is 12.4. The van der Waals surface area contributed by atoms with E-state index in [2.05, 4.69) is 22.3 Å². The maximum Gasteiger partial charge on any atom is 0.253 e. The number of carbonyl (C=O) groups is 2. The fourth-order valence-electron chi connectivity index (χ4n) is 4.18. The van der Waals surface area contributed by atoms with Crippen LogP contribution in [-0.2, 0) is 11.3 Å². The molecule has 2 saturated heterocycles. The van der Waals surface area contributed by atoms with E-state index in [-0.39, 0.29) is 5.91 Å². The van der Waals surface area contributed by atoms with E-state index in [1.807, 2.05) is 17.0 Å². The molecule has 1 aromatic rings. The van der Waals surface area contributed by atoms with Crippen molar-refractivity contribution in [3.05, 3.63) is 35.4 Å². The van der Waals surface area contributed by atoms with Crippen molar-refractivity contribution in [2.45, 2.75) is 57.5 Å². The van der Waals surface area contributed by atoms with Crippen LogP contribution in [0.15, 0.2) is 24.3 Å². The molecule has 146 valence electrons. The second kappa shape index (κ2) is 8.42. The Labute approximate surface area is 162 Å². The first-order valence-corrected chi connectivity index (χ1v) is 10.6. The van der Waals surface area contributed by atoms with Crippen LogP contribution >= 0.6 is 0 Å². The van der Waals surface area contributed by atoms with E-state index in [1.165, 1.54) is 18.4 Å². The molecule has 1 aromatic carbocycles. The minimum atomic E-state index is 0.157. The van der Waals surface area contributed by atoms with Crippen molar-refractivity contribution in [2.24, 2.45) is 5.92 Å². The van der Waals surface area contributed by atoms with E-state index in [0.717, 1.165) is 69.9 Å². The quantitative estimate of drug-likeness (QED) is 0.839. The third-order valence-corrected chi connectivity index (χ3v) is 6.17. The van der Waals surface area contributed by atoms with Crippen LogP contribution in [0.5, 0.6) is 0 Å². The Hall–Kier alpha value is -1.88. The highest BCUT2D eigenvalue weighted by atomic mass is 16.2. The van der Waals surface area contributed by atoms with Gasteiger partial charge in [-0.05, 0) is 62.1 Å². The normalized spacial score (nSPS) is 23.6. The zero-order valence-corrected chi connectivity index (χ0v) is 16.2. The fourth-order valence-corrected chi connectivity index (χ4v) is 4.18. The van der Waals surface area contributed by atoms with E-state index in [9.17, 15) is 9.59 Å². The van der Waals surface area contributed by atoms with Gasteiger partial charge in [0.1, 0.15) is 0 Å². The van der Waals surface area contributed by atoms with Crippen molar-refractivity contribution in [1.82, 2.24) is 15.1 Å². The summed E-state index contributed by atoms with van der Waals surface area (Å²) in [6.45, 7) is 4.43. The van der Waals surface area contributed by atoms with Crippen molar-refractivity contribution in [1.29, 1.82) is 0 Å². The number of rotatable bonds is 6. The zero-order chi connectivity index (χ0) is 18.6. The highest BCUT2D eigenvalue weighted by Gasteiger charge is 2.29. The van der Waals surface area contributed by atoms with E-state index in [0.29, 0.717) is 18.4 Å². The molecular weight excluding hydrogens is 338 g/mol. The summed E-state index contributed by atoms with van der Waals surface area (Å²) in [5.41, 5.74) is 1.98. The van der Waals surface area contributed by atoms with Crippen LogP contribution in [0.3, 0.4) is 0 Å². The monoisotopic (exact) mass is 369 g/mol. The first-order chi connectivity index (χ1) is 13.2. The molecular formula is C22H31N3O2. The molecule has 0 radical (unpaired) electrons. The first kappa shape index (κ1) is 18.5. The van der Waals surface area contributed by atoms with E-state index >= 15 is 0 Å². The van der Waals surface area contributed by atoms with E-state index in [4.69, 9.17) is 0 Å². The molecule has 1 unspecified atom stereocenters. The van der Waals surface area contributed by atoms with Gasteiger partial charge in [0.2, 0.25) is 5.91 Å². The molecule has 1 aliphatic carbocycles. The highest BCUT2D eigenvalue weighted by Crippen LogP contribution is 2.30. The summed E-state index contributed by atoms with van der Waals surface area (Å²) in [4.78, 5) is 28.7. The van der Waals surface area contributed by atoms with Crippen LogP contribution in [0.25, 0.3) is 0 Å². The second-order valence-corrected chi connectivity index (χ2v) is 8.38. The number of nitrogens with one attached hydrogen (secondary N) is 1. The third kappa shape index (κ3) is 4.89. The summed E-state index contributed by atoms with van der Waals surface area (Å²) in [6.07, 6.45) is 7.44. The molecule has 3 fully saturated rings. The summed E-state index contributed by atoms with van der Waals surface area (Å²) >= 11 is 0. The standard InChI is InChI=1S/C22H31N3O2/c26-21-10-9-20(11-14-25(21)16-18-3-4-18)23-15-17-5-7-19(8-6-17)22(27)24-12-1-2-13-24/h5-8,18,20,23H,1-4,9-16H2. The third-order valence-electron chi connectivity index (χ3n) is 6.17. The molecule has 0 aromatic heterocycles. The number of hydrogen-bond acceptors (Lipinski definition) is 3. The second-order valence-electron chi connectivity index (χ2n) is 8.38. The molecule has 4 rings (SSSR count). The highest BCUT2D eigenvalue weighted by molar-refractivity contribution is 5.94. The van der Waals surface area contributed by atoms with Gasteiger partial charge < -0.3 is 15.1 Å². The van der Waals surface area contributed by atoms with Crippen LogP contribution in [0.4, 0.5) is 0 Å². The number of amides is 2. The van der Waals surface area contributed by atoms with Crippen LogP contribution in [-0.4, -0.2) is 53.8 Å². The summed E-state index contributed by atoms with van der Waals surface area (Å²) in [6, 6.07) is 8.40. The van der Waals surface area contributed by atoms with Gasteiger partial charge in [-0.3, -0.25) is 9.59 Å². The molecule has 0 spiro atoms. The number of carbonyl (C=O) groups excluding carboxylic acids is 2. The molecule has 5 heteroatoms. The number of nitrogens with zero attached hydrogens (tertiary/aromatic N) is 2. The molecule has 0 bridgehead atoms. The molecule has 3 aliphatic rings. The van der Waals surface area contributed by atoms with Gasteiger partial charge >= 0.3 is 0 Å². The van der Waals surface area contributed by atoms with Crippen LogP contribution in [0, 0.1) is 5.92 Å². The predicted molar refractivity (Wildman–Crippen MR) is 105 cm³/mol. The van der Waals surface area contributed by atoms with Crippen molar-refractivity contribution >= 4 is 11.8 Å². The fraction of sp³-hybridized carbons (Fsp3) is 0.636. The number of hydrogen-bond donors (Lipinski definition) is 1. The van der Waals surface area contributed by atoms with Gasteiger partial charge in [-0.25, -0.2) is 0 Å². The largest absolute Gasteiger partial charge is 0.342 e. The maximum atomic E-state index is 12.4. The van der Waals surface area contributed by atoms with Crippen LogP contribution in [0.1, 0.15) is 60.9 Å². The zero-order valence-electron chi connectivity index (χ0n) is 16.2. The van der Waals surface area contributed by atoms with Gasteiger partial charge in [-0.15, -0.1) is 0 Å². The van der Waals surface area contributed by atoms with Crippen molar-refractivity contribution in [3.8, 4) is 0 Å². The van der Waals surface area contributed by atoms with Crippen molar-refractivity contribution < 1.29 is 9.59 Å². The molecule has 2 aliphatic heterocycles. The molecule has 1 N–H and O–H groups in total. The Morgan fingerprint density at radius 3 is 2.44 bits per heavy atom. The lowest BCUT2D eigenvalue weighted by atomic mass is 10.1. The Bertz CT molecular complexity index is 663. The lowest BCUT2D eigenvalue weighted by Crippen LogP contribution is -2.33. The van der Waals surface area contributed by atoms with Gasteiger partial charge in [-0.1, -0.05) is 12.1 Å². The topological polar surface area (TPSA) is 52.7 Å². The summed E-state index contributed by atoms with van der Waals surface area (Å²) < 4.78 is 0. The van der Waals surface area contributed by atoms with Gasteiger partial charge in [0.25, 0.3) is 5.91 Å². The van der Waals surface area contributed by atoms with Crippen LogP contribution < -0.4 is 5.32 Å². The Morgan fingerprint density at radius 1 is 1.00 bits per heavy atom. The van der Waals surface area contributed by atoms with E-state index < -0.39 is 0 Å². The van der Waals surface area contributed by atoms with Crippen molar-refractivity contribution in [2.75, 3.05) is 26.2 Å².